The van der Waals surface area contributed by atoms with Crippen molar-refractivity contribution in [2.45, 2.75) is 63.7 Å². The lowest BCUT2D eigenvalue weighted by molar-refractivity contribution is -0.130. The summed E-state index contributed by atoms with van der Waals surface area (Å²) in [4.78, 5) is 17.8. The van der Waals surface area contributed by atoms with Crippen LogP contribution in [0.4, 0.5) is 0 Å². The molecular weight excluding hydrogens is 372 g/mol. The van der Waals surface area contributed by atoms with Crippen LogP contribution in [0.3, 0.4) is 0 Å². The Morgan fingerprint density at radius 3 is 2.54 bits per heavy atom. The molecule has 0 unspecified atom stereocenters. The number of hydrogen-bond acceptors (Lipinski definition) is 4. The first-order valence-corrected chi connectivity index (χ1v) is 11.1. The number of aliphatic imine (C=N–C) groups is 1. The average Bonchev–Trinajstić information content (AvgIpc) is 3.36. The van der Waals surface area contributed by atoms with Gasteiger partial charge >= 0.3 is 0 Å². The highest BCUT2D eigenvalue weighted by molar-refractivity contribution is 7.90. The Morgan fingerprint density at radius 2 is 1.96 bits per heavy atom. The molecule has 1 aromatic rings. The van der Waals surface area contributed by atoms with Crippen LogP contribution in [0, 0.1) is 5.41 Å². The molecule has 1 fully saturated rings. The van der Waals surface area contributed by atoms with Crippen molar-refractivity contribution >= 4 is 33.2 Å². The van der Waals surface area contributed by atoms with Crippen molar-refractivity contribution in [3.8, 4) is 0 Å². The highest BCUT2D eigenvalue weighted by Crippen LogP contribution is 2.40. The summed E-state index contributed by atoms with van der Waals surface area (Å²) < 4.78 is 26.8. The van der Waals surface area contributed by atoms with Crippen molar-refractivity contribution in [1.82, 2.24) is 4.72 Å². The molecule has 1 aromatic carbocycles. The number of rotatable bonds is 7. The van der Waals surface area contributed by atoms with Gasteiger partial charge in [0.2, 0.25) is 15.9 Å². The van der Waals surface area contributed by atoms with Crippen LogP contribution in [0.1, 0.15) is 57.9 Å². The lowest BCUT2D eigenvalue weighted by Gasteiger charge is -2.34. The van der Waals surface area contributed by atoms with Gasteiger partial charge in [-0.1, -0.05) is 37.6 Å². The molecule has 1 N–H and O–H groups in total. The van der Waals surface area contributed by atoms with E-state index in [9.17, 15) is 13.2 Å². The molecule has 5 nitrogen and oxygen atoms in total. The van der Waals surface area contributed by atoms with E-state index in [0.29, 0.717) is 30.7 Å². The van der Waals surface area contributed by atoms with Gasteiger partial charge in [-0.15, -0.1) is 0 Å². The molecule has 0 saturated heterocycles. The number of carbonyl (C=O) groups excluding carboxylic acids is 1. The Morgan fingerprint density at radius 1 is 1.27 bits per heavy atom. The van der Waals surface area contributed by atoms with Crippen LogP contribution in [0.2, 0.25) is 5.02 Å². The molecule has 0 spiro atoms. The smallest absolute Gasteiger partial charge is 0.241 e. The van der Waals surface area contributed by atoms with Crippen LogP contribution in [0.5, 0.6) is 0 Å². The molecule has 1 amide bonds. The zero-order chi connectivity index (χ0) is 18.9. The summed E-state index contributed by atoms with van der Waals surface area (Å²) >= 11 is 6.08. The average molecular weight is 397 g/mol. The van der Waals surface area contributed by atoms with Gasteiger partial charge in [-0.2, -0.15) is 0 Å². The predicted octanol–water partition coefficient (Wildman–Crippen LogP) is 3.71. The lowest BCUT2D eigenvalue weighted by atomic mass is 9.74. The molecule has 1 aliphatic heterocycles. The van der Waals surface area contributed by atoms with Crippen molar-refractivity contribution in [3.05, 3.63) is 34.9 Å². The highest BCUT2D eigenvalue weighted by Gasteiger charge is 2.47. The summed E-state index contributed by atoms with van der Waals surface area (Å²) in [7, 11) is -3.56. The lowest BCUT2D eigenvalue weighted by Crippen LogP contribution is -2.49. The number of carbonyl (C=O) groups is 1. The van der Waals surface area contributed by atoms with Gasteiger partial charge in [-0.05, 0) is 56.2 Å². The highest BCUT2D eigenvalue weighted by atomic mass is 35.5. The van der Waals surface area contributed by atoms with E-state index in [1.54, 1.807) is 0 Å². The molecule has 2 aliphatic rings. The maximum absolute atomic E-state index is 13.0. The van der Waals surface area contributed by atoms with E-state index in [1.807, 2.05) is 38.1 Å². The van der Waals surface area contributed by atoms with Crippen LogP contribution in [-0.4, -0.2) is 31.3 Å². The molecule has 1 saturated carbocycles. The summed E-state index contributed by atoms with van der Waals surface area (Å²) in [5.41, 5.74) is 1.09. The molecule has 0 radical (unpaired) electrons. The number of halogens is 1. The zero-order valence-corrected chi connectivity index (χ0v) is 16.7. The van der Waals surface area contributed by atoms with Crippen molar-refractivity contribution in [1.29, 1.82) is 0 Å². The van der Waals surface area contributed by atoms with Crippen molar-refractivity contribution in [3.63, 3.8) is 0 Å². The second-order valence-corrected chi connectivity index (χ2v) is 9.58. The summed E-state index contributed by atoms with van der Waals surface area (Å²) in [6, 6.07) is 7.32. The molecule has 26 heavy (non-hydrogen) atoms. The SMILES string of the molecule is CCC(CC)(C(=O)NS(=O)(=O)C1CC1)[C@H]1CCC(c2cccc(Cl)c2)=N1. The molecule has 1 heterocycles. The summed E-state index contributed by atoms with van der Waals surface area (Å²) in [6.45, 7) is 3.86. The van der Waals surface area contributed by atoms with Crippen molar-refractivity contribution in [2.75, 3.05) is 0 Å². The predicted molar refractivity (Wildman–Crippen MR) is 104 cm³/mol. The molecule has 1 aliphatic carbocycles. The molecule has 142 valence electrons. The number of nitrogens with zero attached hydrogens (tertiary/aromatic N) is 1. The third-order valence-corrected chi connectivity index (χ3v) is 7.73. The van der Waals surface area contributed by atoms with Gasteiger partial charge in [0.25, 0.3) is 0 Å². The van der Waals surface area contributed by atoms with Crippen molar-refractivity contribution in [2.24, 2.45) is 10.4 Å². The maximum Gasteiger partial charge on any atom is 0.241 e. The van der Waals surface area contributed by atoms with E-state index in [4.69, 9.17) is 16.6 Å². The Balaban J connectivity index is 1.86. The van der Waals surface area contributed by atoms with Crippen molar-refractivity contribution < 1.29 is 13.2 Å². The molecular formula is C19H25ClN2O3S. The second-order valence-electron chi connectivity index (χ2n) is 7.18. The van der Waals surface area contributed by atoms with Crippen LogP contribution >= 0.6 is 11.6 Å². The molecule has 1 atom stereocenters. The standard InChI is InChI=1S/C19H25ClN2O3S/c1-3-19(4-2,18(23)22-26(24,25)15-8-9-15)17-11-10-16(21-17)13-6-5-7-14(20)12-13/h5-7,12,15,17H,3-4,8-11H2,1-2H3,(H,22,23)/t17-/m1/s1. The van der Waals surface area contributed by atoms with Crippen LogP contribution in [0.15, 0.2) is 29.3 Å². The normalized spacial score (nSPS) is 20.7. The number of nitrogens with one attached hydrogen (secondary N) is 1. The molecule has 0 aromatic heterocycles. The number of benzene rings is 1. The molecule has 7 heteroatoms. The van der Waals surface area contributed by atoms with E-state index in [1.165, 1.54) is 0 Å². The van der Waals surface area contributed by atoms with Gasteiger partial charge in [-0.25, -0.2) is 8.42 Å². The fourth-order valence-electron chi connectivity index (χ4n) is 3.76. The fourth-order valence-corrected chi connectivity index (χ4v) is 5.34. The largest absolute Gasteiger partial charge is 0.285 e. The fraction of sp³-hybridized carbons (Fsp3) is 0.579. The number of sulfonamides is 1. The van der Waals surface area contributed by atoms with Gasteiger partial charge in [-0.3, -0.25) is 14.5 Å². The second kappa shape index (κ2) is 7.31. The van der Waals surface area contributed by atoms with E-state index in [-0.39, 0.29) is 6.04 Å². The quantitative estimate of drug-likeness (QED) is 0.763. The van der Waals surface area contributed by atoms with Crippen LogP contribution in [0.25, 0.3) is 0 Å². The summed E-state index contributed by atoms with van der Waals surface area (Å²) in [6.07, 6.45) is 3.86. The van der Waals surface area contributed by atoms with Gasteiger partial charge in [0.1, 0.15) is 0 Å². The summed E-state index contributed by atoms with van der Waals surface area (Å²) in [5.74, 6) is -0.407. The van der Waals surface area contributed by atoms with Gasteiger partial charge in [0, 0.05) is 10.7 Å². The Hall–Kier alpha value is -1.40. The number of hydrogen-bond donors (Lipinski definition) is 1. The van der Waals surface area contributed by atoms with E-state index in [0.717, 1.165) is 24.1 Å². The van der Waals surface area contributed by atoms with E-state index < -0.39 is 26.6 Å². The first kappa shape index (κ1) is 19.4. The topological polar surface area (TPSA) is 75.6 Å². The molecule has 3 rings (SSSR count). The van der Waals surface area contributed by atoms with Crippen LogP contribution < -0.4 is 4.72 Å². The monoisotopic (exact) mass is 396 g/mol. The minimum absolute atomic E-state index is 0.221. The summed E-state index contributed by atoms with van der Waals surface area (Å²) in [5, 5.41) is 0.242. The van der Waals surface area contributed by atoms with Crippen LogP contribution in [-0.2, 0) is 14.8 Å². The number of amides is 1. The van der Waals surface area contributed by atoms with Gasteiger partial charge in [0.05, 0.1) is 16.7 Å². The van der Waals surface area contributed by atoms with E-state index in [2.05, 4.69) is 4.72 Å². The third kappa shape index (κ3) is 3.67. The van der Waals surface area contributed by atoms with Gasteiger partial charge < -0.3 is 0 Å². The minimum atomic E-state index is -3.56. The maximum atomic E-state index is 13.0. The first-order chi connectivity index (χ1) is 12.3. The Labute approximate surface area is 160 Å². The molecule has 0 bridgehead atoms. The third-order valence-electron chi connectivity index (χ3n) is 5.67. The first-order valence-electron chi connectivity index (χ1n) is 9.21. The minimum Gasteiger partial charge on any atom is -0.285 e. The van der Waals surface area contributed by atoms with E-state index >= 15 is 0 Å². The Bertz CT molecular complexity index is 827. The Kier molecular flexibility index (Phi) is 5.45. The van der Waals surface area contributed by atoms with Gasteiger partial charge in [0.15, 0.2) is 0 Å². The zero-order valence-electron chi connectivity index (χ0n) is 15.2.